The Labute approximate surface area is 63.8 Å². The summed E-state index contributed by atoms with van der Waals surface area (Å²) in [5, 5.41) is 0.412. The highest BCUT2D eigenvalue weighted by atomic mass is 32.2. The molecule has 3 heteroatoms. The van der Waals surface area contributed by atoms with Crippen LogP contribution in [0.25, 0.3) is 0 Å². The topological polar surface area (TPSA) is 39.2 Å². The molecule has 1 aliphatic rings. The number of rotatable bonds is 1. The molecule has 0 amide bonds. The van der Waals surface area contributed by atoms with E-state index in [1.807, 2.05) is 23.9 Å². The van der Waals surface area contributed by atoms with Gasteiger partial charge in [-0.25, -0.2) is 0 Å². The number of nitrogens with two attached hydrogens (primary N) is 1. The molecule has 1 saturated heterocycles. The zero-order chi connectivity index (χ0) is 6.97. The third kappa shape index (κ3) is 0.859. The van der Waals surface area contributed by atoms with Crippen molar-refractivity contribution in [2.75, 3.05) is 5.75 Å². The molecule has 2 nitrogen and oxygen atoms in total. The predicted molar refractivity (Wildman–Crippen MR) is 41.9 cm³/mol. The number of hydrogen-bond donors (Lipinski definition) is 1. The minimum Gasteiger partial charge on any atom is -0.468 e. The van der Waals surface area contributed by atoms with Crippen LogP contribution in [-0.2, 0) is 0 Å². The van der Waals surface area contributed by atoms with E-state index in [0.29, 0.717) is 11.3 Å². The maximum Gasteiger partial charge on any atom is 0.118 e. The maximum atomic E-state index is 5.73. The Kier molecular flexibility index (Phi) is 1.47. The largest absolute Gasteiger partial charge is 0.468 e. The van der Waals surface area contributed by atoms with E-state index in [4.69, 9.17) is 10.2 Å². The fourth-order valence-electron chi connectivity index (χ4n) is 1.05. The molecule has 0 aliphatic carbocycles. The van der Waals surface area contributed by atoms with E-state index in [1.54, 1.807) is 6.26 Å². The second-order valence-corrected chi connectivity index (χ2v) is 3.61. The number of thioether (sulfide) groups is 1. The van der Waals surface area contributed by atoms with Gasteiger partial charge in [-0.1, -0.05) is 0 Å². The maximum absolute atomic E-state index is 5.73. The van der Waals surface area contributed by atoms with Gasteiger partial charge in [0.1, 0.15) is 5.76 Å². The van der Waals surface area contributed by atoms with Gasteiger partial charge in [-0.3, -0.25) is 0 Å². The summed E-state index contributed by atoms with van der Waals surface area (Å²) in [6, 6.07) is 4.19. The molecule has 54 valence electrons. The molecule has 1 fully saturated rings. The van der Waals surface area contributed by atoms with Crippen LogP contribution in [0.1, 0.15) is 11.0 Å². The lowest BCUT2D eigenvalue weighted by atomic mass is 10.2. The summed E-state index contributed by atoms with van der Waals surface area (Å²) in [5.74, 6) is 2.08. The van der Waals surface area contributed by atoms with E-state index in [-0.39, 0.29) is 0 Å². The molecule has 0 saturated carbocycles. The third-order valence-electron chi connectivity index (χ3n) is 1.68. The lowest BCUT2D eigenvalue weighted by molar-refractivity contribution is 0.477. The SMILES string of the molecule is NC1CSC1c1ccco1. The van der Waals surface area contributed by atoms with Gasteiger partial charge in [0, 0.05) is 11.8 Å². The van der Waals surface area contributed by atoms with Crippen molar-refractivity contribution in [3.63, 3.8) is 0 Å². The van der Waals surface area contributed by atoms with Crippen LogP contribution in [0.5, 0.6) is 0 Å². The van der Waals surface area contributed by atoms with Gasteiger partial charge in [-0.15, -0.1) is 11.8 Å². The summed E-state index contributed by atoms with van der Waals surface area (Å²) < 4.78 is 5.21. The Bertz CT molecular complexity index is 209. The zero-order valence-electron chi connectivity index (χ0n) is 5.49. The average molecular weight is 155 g/mol. The lowest BCUT2D eigenvalue weighted by Crippen LogP contribution is -2.37. The Morgan fingerprint density at radius 2 is 2.60 bits per heavy atom. The van der Waals surface area contributed by atoms with Gasteiger partial charge in [0.25, 0.3) is 0 Å². The van der Waals surface area contributed by atoms with Crippen molar-refractivity contribution in [1.29, 1.82) is 0 Å². The highest BCUT2D eigenvalue weighted by molar-refractivity contribution is 8.01. The Hall–Kier alpha value is -0.410. The van der Waals surface area contributed by atoms with Crippen molar-refractivity contribution in [2.24, 2.45) is 5.73 Å². The van der Waals surface area contributed by atoms with Crippen molar-refractivity contribution in [3.8, 4) is 0 Å². The molecule has 0 spiro atoms. The minimum absolute atomic E-state index is 0.302. The van der Waals surface area contributed by atoms with Gasteiger partial charge in [0.05, 0.1) is 11.5 Å². The van der Waals surface area contributed by atoms with E-state index in [0.717, 1.165) is 11.5 Å². The van der Waals surface area contributed by atoms with E-state index >= 15 is 0 Å². The van der Waals surface area contributed by atoms with Crippen LogP contribution in [0.15, 0.2) is 22.8 Å². The van der Waals surface area contributed by atoms with Crippen molar-refractivity contribution in [1.82, 2.24) is 0 Å². The minimum atomic E-state index is 0.302. The summed E-state index contributed by atoms with van der Waals surface area (Å²) in [5.41, 5.74) is 5.73. The van der Waals surface area contributed by atoms with Crippen molar-refractivity contribution in [2.45, 2.75) is 11.3 Å². The summed E-state index contributed by atoms with van der Waals surface area (Å²) in [4.78, 5) is 0. The smallest absolute Gasteiger partial charge is 0.118 e. The first-order valence-electron chi connectivity index (χ1n) is 3.28. The Morgan fingerprint density at radius 3 is 3.00 bits per heavy atom. The Balaban J connectivity index is 2.14. The fraction of sp³-hybridized carbons (Fsp3) is 0.429. The van der Waals surface area contributed by atoms with E-state index in [1.165, 1.54) is 0 Å². The first kappa shape index (κ1) is 6.31. The van der Waals surface area contributed by atoms with Crippen LogP contribution in [0, 0.1) is 0 Å². The van der Waals surface area contributed by atoms with Crippen molar-refractivity contribution < 1.29 is 4.42 Å². The average Bonchev–Trinajstić information content (AvgIpc) is 2.37. The molecule has 2 unspecified atom stereocenters. The molecule has 2 rings (SSSR count). The monoisotopic (exact) mass is 155 g/mol. The molecule has 1 aromatic rings. The van der Waals surface area contributed by atoms with Crippen molar-refractivity contribution >= 4 is 11.8 Å². The lowest BCUT2D eigenvalue weighted by Gasteiger charge is -2.30. The fourth-order valence-corrected chi connectivity index (χ4v) is 1.96. The van der Waals surface area contributed by atoms with Crippen LogP contribution < -0.4 is 5.73 Å². The van der Waals surface area contributed by atoms with Gasteiger partial charge in [-0.2, -0.15) is 0 Å². The van der Waals surface area contributed by atoms with Gasteiger partial charge in [-0.05, 0) is 12.1 Å². The van der Waals surface area contributed by atoms with Crippen LogP contribution in [0.3, 0.4) is 0 Å². The number of hydrogen-bond acceptors (Lipinski definition) is 3. The normalized spacial score (nSPS) is 31.7. The third-order valence-corrected chi connectivity index (χ3v) is 3.20. The molecular weight excluding hydrogens is 146 g/mol. The molecule has 1 aromatic heterocycles. The molecular formula is C7H9NOS. The summed E-state index contributed by atoms with van der Waals surface area (Å²) in [6.07, 6.45) is 1.70. The first-order valence-corrected chi connectivity index (χ1v) is 4.33. The predicted octanol–water partition coefficient (Wildman–Crippen LogP) is 1.39. The van der Waals surface area contributed by atoms with Gasteiger partial charge >= 0.3 is 0 Å². The number of furan rings is 1. The van der Waals surface area contributed by atoms with Gasteiger partial charge in [0.15, 0.2) is 0 Å². The van der Waals surface area contributed by atoms with Crippen LogP contribution >= 0.6 is 11.8 Å². The molecule has 0 radical (unpaired) electrons. The van der Waals surface area contributed by atoms with Crippen molar-refractivity contribution in [3.05, 3.63) is 24.2 Å². The van der Waals surface area contributed by atoms with Crippen LogP contribution in [0.2, 0.25) is 0 Å². The molecule has 1 aliphatic heterocycles. The standard InChI is InChI=1S/C7H9NOS/c8-5-4-10-7(5)6-2-1-3-9-6/h1-3,5,7H,4,8H2. The van der Waals surface area contributed by atoms with Crippen LogP contribution in [-0.4, -0.2) is 11.8 Å². The molecule has 2 heterocycles. The molecule has 2 atom stereocenters. The molecule has 2 N–H and O–H groups in total. The highest BCUT2D eigenvalue weighted by Gasteiger charge is 2.31. The van der Waals surface area contributed by atoms with Gasteiger partial charge < -0.3 is 10.2 Å². The second kappa shape index (κ2) is 2.32. The summed E-state index contributed by atoms with van der Waals surface area (Å²) >= 11 is 1.85. The van der Waals surface area contributed by atoms with E-state index in [9.17, 15) is 0 Å². The Morgan fingerprint density at radius 1 is 1.70 bits per heavy atom. The van der Waals surface area contributed by atoms with E-state index in [2.05, 4.69) is 0 Å². The molecule has 0 bridgehead atoms. The second-order valence-electron chi connectivity index (χ2n) is 2.43. The van der Waals surface area contributed by atoms with E-state index < -0.39 is 0 Å². The molecule has 10 heavy (non-hydrogen) atoms. The molecule has 0 aromatic carbocycles. The first-order chi connectivity index (χ1) is 4.88. The van der Waals surface area contributed by atoms with Crippen LogP contribution in [0.4, 0.5) is 0 Å². The summed E-state index contributed by atoms with van der Waals surface area (Å²) in [6.45, 7) is 0. The quantitative estimate of drug-likeness (QED) is 0.666. The summed E-state index contributed by atoms with van der Waals surface area (Å²) in [7, 11) is 0. The highest BCUT2D eigenvalue weighted by Crippen LogP contribution is 2.41. The zero-order valence-corrected chi connectivity index (χ0v) is 6.30. The van der Waals surface area contributed by atoms with Gasteiger partial charge in [0.2, 0.25) is 0 Å².